The molecule has 6 rings (SSSR count). The Morgan fingerprint density at radius 1 is 1.00 bits per heavy atom. The molecule has 4 heterocycles. The number of carboxylic acids is 1. The molecule has 0 radical (unpaired) electrons. The van der Waals surface area contributed by atoms with E-state index in [4.69, 9.17) is 14.7 Å². The molecule has 0 unspecified atom stereocenters. The van der Waals surface area contributed by atoms with Gasteiger partial charge in [-0.05, 0) is 70.7 Å². The molecular formula is C32H37N5O3. The van der Waals surface area contributed by atoms with Crippen molar-refractivity contribution < 1.29 is 14.6 Å². The van der Waals surface area contributed by atoms with Gasteiger partial charge in [-0.3, -0.25) is 0 Å². The highest BCUT2D eigenvalue weighted by molar-refractivity contribution is 6.08. The quantitative estimate of drug-likeness (QED) is 0.307. The van der Waals surface area contributed by atoms with E-state index in [2.05, 4.69) is 58.5 Å². The predicted molar refractivity (Wildman–Crippen MR) is 159 cm³/mol. The first-order chi connectivity index (χ1) is 19.0. The molecule has 0 bridgehead atoms. The van der Waals surface area contributed by atoms with Crippen LogP contribution in [0.3, 0.4) is 0 Å². The van der Waals surface area contributed by atoms with E-state index in [1.807, 2.05) is 40.1 Å². The third-order valence-corrected chi connectivity index (χ3v) is 8.03. The SMILES string of the molecule is Cc1ccc(-c2c([C@H](OC(C)(C)C)C(=O)O)c(C)c3c4c2cc(C)n4CCN3c2ncc(N3CCC3)cn2)cc1. The fourth-order valence-corrected chi connectivity index (χ4v) is 6.03. The number of carboxylic acid groups (broad SMARTS) is 1. The Kier molecular flexibility index (Phi) is 6.33. The smallest absolute Gasteiger partial charge is 0.337 e. The zero-order valence-electron chi connectivity index (χ0n) is 24.2. The lowest BCUT2D eigenvalue weighted by atomic mass is 9.87. The summed E-state index contributed by atoms with van der Waals surface area (Å²) in [5, 5.41) is 11.6. The van der Waals surface area contributed by atoms with Crippen LogP contribution in [-0.4, -0.2) is 50.8 Å². The molecule has 2 aromatic heterocycles. The van der Waals surface area contributed by atoms with Gasteiger partial charge >= 0.3 is 5.97 Å². The van der Waals surface area contributed by atoms with Crippen molar-refractivity contribution in [1.29, 1.82) is 0 Å². The Morgan fingerprint density at radius 2 is 1.68 bits per heavy atom. The molecule has 2 aromatic carbocycles. The average molecular weight is 540 g/mol. The van der Waals surface area contributed by atoms with E-state index in [9.17, 15) is 9.90 Å². The summed E-state index contributed by atoms with van der Waals surface area (Å²) in [4.78, 5) is 26.9. The molecule has 208 valence electrons. The second kappa shape index (κ2) is 9.63. The first-order valence-corrected chi connectivity index (χ1v) is 14.0. The molecule has 0 spiro atoms. The van der Waals surface area contributed by atoms with Crippen molar-refractivity contribution in [3.8, 4) is 11.1 Å². The zero-order valence-corrected chi connectivity index (χ0v) is 24.2. The molecule has 1 fully saturated rings. The van der Waals surface area contributed by atoms with Crippen molar-refractivity contribution in [3.63, 3.8) is 0 Å². The minimum atomic E-state index is -1.15. The van der Waals surface area contributed by atoms with Gasteiger partial charge in [0.2, 0.25) is 5.95 Å². The van der Waals surface area contributed by atoms with E-state index >= 15 is 0 Å². The normalized spacial score (nSPS) is 15.8. The molecule has 0 amide bonds. The Bertz CT molecular complexity index is 1600. The van der Waals surface area contributed by atoms with Gasteiger partial charge < -0.3 is 24.2 Å². The van der Waals surface area contributed by atoms with Crippen LogP contribution < -0.4 is 9.80 Å². The number of rotatable bonds is 6. The van der Waals surface area contributed by atoms with Gasteiger partial charge in [0.25, 0.3) is 0 Å². The number of anilines is 3. The molecule has 8 heteroatoms. The molecule has 0 saturated carbocycles. The van der Waals surface area contributed by atoms with E-state index in [1.54, 1.807) is 0 Å². The van der Waals surface area contributed by atoms with Gasteiger partial charge in [0.1, 0.15) is 0 Å². The van der Waals surface area contributed by atoms with E-state index in [0.717, 1.165) is 69.9 Å². The van der Waals surface area contributed by atoms with Gasteiger partial charge in [0.15, 0.2) is 6.10 Å². The largest absolute Gasteiger partial charge is 0.479 e. The van der Waals surface area contributed by atoms with Crippen LogP contribution >= 0.6 is 0 Å². The summed E-state index contributed by atoms with van der Waals surface area (Å²) in [5.74, 6) is -0.386. The predicted octanol–water partition coefficient (Wildman–Crippen LogP) is 6.33. The molecule has 0 aliphatic carbocycles. The molecule has 2 aliphatic rings. The van der Waals surface area contributed by atoms with Gasteiger partial charge in [0.05, 0.1) is 34.9 Å². The van der Waals surface area contributed by atoms with E-state index < -0.39 is 17.7 Å². The lowest BCUT2D eigenvalue weighted by molar-refractivity contribution is -0.160. The highest BCUT2D eigenvalue weighted by Gasteiger charge is 2.36. The monoisotopic (exact) mass is 539 g/mol. The maximum absolute atomic E-state index is 12.9. The lowest BCUT2D eigenvalue weighted by Crippen LogP contribution is -2.37. The standard InChI is InChI=1S/C32H37N5O3/c1-19-8-10-22(11-9-19)26-24-16-20(2)36-14-15-37(31-33-17-23(18-34-31)35-12-7-13-35)27(28(24)36)21(3)25(26)29(30(38)39)40-32(4,5)6/h8-11,16-18,29H,7,12-15H2,1-6H3,(H,38,39)/t29-/m0/s1. The van der Waals surface area contributed by atoms with Crippen molar-refractivity contribution in [3.05, 3.63) is 65.1 Å². The number of ether oxygens (including phenoxy) is 1. The Labute approximate surface area is 235 Å². The van der Waals surface area contributed by atoms with Crippen molar-refractivity contribution in [2.45, 2.75) is 66.2 Å². The van der Waals surface area contributed by atoms with Crippen LogP contribution in [0.25, 0.3) is 22.0 Å². The van der Waals surface area contributed by atoms with Crippen LogP contribution in [0.15, 0.2) is 42.7 Å². The van der Waals surface area contributed by atoms with Gasteiger partial charge in [-0.25, -0.2) is 14.8 Å². The average Bonchev–Trinajstić information content (AvgIpc) is 3.20. The highest BCUT2D eigenvalue weighted by atomic mass is 16.5. The highest BCUT2D eigenvalue weighted by Crippen LogP contribution is 2.49. The Hall–Kier alpha value is -3.91. The van der Waals surface area contributed by atoms with Crippen LogP contribution in [0.2, 0.25) is 0 Å². The molecule has 40 heavy (non-hydrogen) atoms. The molecule has 1 saturated heterocycles. The van der Waals surface area contributed by atoms with Crippen molar-refractivity contribution in [2.24, 2.45) is 0 Å². The van der Waals surface area contributed by atoms with Gasteiger partial charge in [-0.15, -0.1) is 0 Å². The summed E-state index contributed by atoms with van der Waals surface area (Å²) in [5.41, 5.74) is 8.11. The summed E-state index contributed by atoms with van der Waals surface area (Å²) in [6.45, 7) is 15.4. The zero-order chi connectivity index (χ0) is 28.3. The number of aliphatic carboxylic acids is 1. The van der Waals surface area contributed by atoms with Crippen LogP contribution in [0, 0.1) is 20.8 Å². The fraction of sp³-hybridized carbons (Fsp3) is 0.406. The summed E-state index contributed by atoms with van der Waals surface area (Å²) in [6, 6.07) is 10.5. The van der Waals surface area contributed by atoms with E-state index in [0.29, 0.717) is 18.1 Å². The topological polar surface area (TPSA) is 83.7 Å². The minimum Gasteiger partial charge on any atom is -0.479 e. The number of hydrogen-bond acceptors (Lipinski definition) is 6. The summed E-state index contributed by atoms with van der Waals surface area (Å²) >= 11 is 0. The summed E-state index contributed by atoms with van der Waals surface area (Å²) in [6.07, 6.45) is 3.84. The Morgan fingerprint density at radius 3 is 2.25 bits per heavy atom. The second-order valence-electron chi connectivity index (χ2n) is 12.0. The van der Waals surface area contributed by atoms with Gasteiger partial charge in [-0.2, -0.15) is 0 Å². The summed E-state index contributed by atoms with van der Waals surface area (Å²) < 4.78 is 8.63. The lowest BCUT2D eigenvalue weighted by Gasteiger charge is -2.35. The maximum atomic E-state index is 12.9. The van der Waals surface area contributed by atoms with Crippen LogP contribution in [0.5, 0.6) is 0 Å². The van der Waals surface area contributed by atoms with Crippen molar-refractivity contribution in [1.82, 2.24) is 14.5 Å². The molecule has 2 aliphatic heterocycles. The third-order valence-electron chi connectivity index (χ3n) is 8.03. The Balaban J connectivity index is 1.63. The number of hydrogen-bond donors (Lipinski definition) is 1. The van der Waals surface area contributed by atoms with Gasteiger partial charge in [0, 0.05) is 42.8 Å². The fourth-order valence-electron chi connectivity index (χ4n) is 6.03. The van der Waals surface area contributed by atoms with Crippen LogP contribution in [0.4, 0.5) is 17.3 Å². The number of benzene rings is 2. The molecule has 1 atom stereocenters. The number of aromatic nitrogens is 3. The minimum absolute atomic E-state index is 0.622. The van der Waals surface area contributed by atoms with E-state index in [-0.39, 0.29) is 0 Å². The molecule has 4 aromatic rings. The molecular weight excluding hydrogens is 502 g/mol. The second-order valence-corrected chi connectivity index (χ2v) is 12.0. The molecule has 1 N–H and O–H groups in total. The van der Waals surface area contributed by atoms with Crippen LogP contribution in [-0.2, 0) is 16.1 Å². The van der Waals surface area contributed by atoms with Crippen molar-refractivity contribution in [2.75, 3.05) is 29.4 Å². The van der Waals surface area contributed by atoms with Crippen LogP contribution in [0.1, 0.15) is 55.7 Å². The maximum Gasteiger partial charge on any atom is 0.337 e. The van der Waals surface area contributed by atoms with Gasteiger partial charge in [-0.1, -0.05) is 29.8 Å². The number of carbonyl (C=O) groups is 1. The number of nitrogens with zero attached hydrogens (tertiary/aromatic N) is 5. The third kappa shape index (κ3) is 4.40. The first-order valence-electron chi connectivity index (χ1n) is 14.0. The summed E-state index contributed by atoms with van der Waals surface area (Å²) in [7, 11) is 0. The van der Waals surface area contributed by atoms with E-state index in [1.165, 1.54) is 6.42 Å². The first kappa shape index (κ1) is 26.3. The van der Waals surface area contributed by atoms with Crippen molar-refractivity contribution >= 4 is 34.2 Å². The number of aryl methyl sites for hydroxylation is 2. The molecule has 8 nitrogen and oxygen atoms in total.